The lowest BCUT2D eigenvalue weighted by molar-refractivity contribution is -0.137. The van der Waals surface area contributed by atoms with E-state index in [9.17, 15) is 9.59 Å². The van der Waals surface area contributed by atoms with Crippen LogP contribution in [0, 0.1) is 0 Å². The number of oxazole rings is 1. The van der Waals surface area contributed by atoms with E-state index in [1.165, 1.54) is 4.57 Å². The minimum atomic E-state index is -0.743. The van der Waals surface area contributed by atoms with Gasteiger partial charge in [-0.25, -0.2) is 4.79 Å². The molecule has 1 aromatic carbocycles. The highest BCUT2D eigenvalue weighted by Crippen LogP contribution is 2.16. The Labute approximate surface area is 110 Å². The third kappa shape index (κ3) is 3.24. The largest absolute Gasteiger partial charge is 0.481 e. The number of unbranched alkanes of at least 4 members (excludes halogenated alkanes) is 2. The van der Waals surface area contributed by atoms with E-state index in [1.54, 1.807) is 7.05 Å². The second-order valence-corrected chi connectivity index (χ2v) is 4.68. The second-order valence-electron chi connectivity index (χ2n) is 4.68. The molecule has 0 aliphatic carbocycles. The number of aromatic nitrogens is 1. The van der Waals surface area contributed by atoms with Gasteiger partial charge in [0.25, 0.3) is 0 Å². The summed E-state index contributed by atoms with van der Waals surface area (Å²) in [5, 5.41) is 8.53. The van der Waals surface area contributed by atoms with Gasteiger partial charge in [0, 0.05) is 13.5 Å². The molecule has 2 aromatic rings. The molecule has 0 aliphatic rings. The van der Waals surface area contributed by atoms with Crippen LogP contribution in [-0.4, -0.2) is 15.6 Å². The molecule has 19 heavy (non-hydrogen) atoms. The van der Waals surface area contributed by atoms with Crippen molar-refractivity contribution in [1.82, 2.24) is 4.57 Å². The van der Waals surface area contributed by atoms with Gasteiger partial charge < -0.3 is 9.52 Å². The van der Waals surface area contributed by atoms with Crippen molar-refractivity contribution >= 4 is 17.1 Å². The summed E-state index contributed by atoms with van der Waals surface area (Å²) in [5.41, 5.74) is 2.51. The summed E-state index contributed by atoms with van der Waals surface area (Å²) in [5.74, 6) is -1.10. The van der Waals surface area contributed by atoms with Gasteiger partial charge in [-0.2, -0.15) is 0 Å². The smallest absolute Gasteiger partial charge is 0.419 e. The van der Waals surface area contributed by atoms with Gasteiger partial charge in [0.05, 0.1) is 5.52 Å². The number of fused-ring (bicyclic) bond motifs is 1. The topological polar surface area (TPSA) is 72.4 Å². The Balaban J connectivity index is 1.94. The molecule has 102 valence electrons. The van der Waals surface area contributed by atoms with Crippen LogP contribution in [0.3, 0.4) is 0 Å². The molecule has 0 fully saturated rings. The molecule has 5 nitrogen and oxygen atoms in total. The van der Waals surface area contributed by atoms with Crippen molar-refractivity contribution in [3.8, 4) is 0 Å². The van der Waals surface area contributed by atoms with Gasteiger partial charge >= 0.3 is 11.7 Å². The first-order valence-corrected chi connectivity index (χ1v) is 6.38. The number of aryl methyl sites for hydroxylation is 2. The summed E-state index contributed by atoms with van der Waals surface area (Å²) in [6, 6.07) is 5.75. The molecular formula is C14H17NO4. The standard InChI is InChI=1S/C14H17NO4/c1-15-11-8-7-10(9-12(11)19-14(15)18)5-3-2-4-6-13(16)17/h7-9H,2-6H2,1H3,(H,16,17). The van der Waals surface area contributed by atoms with Crippen LogP contribution in [0.1, 0.15) is 31.2 Å². The molecule has 0 bridgehead atoms. The zero-order valence-electron chi connectivity index (χ0n) is 10.9. The zero-order chi connectivity index (χ0) is 13.8. The molecule has 0 spiro atoms. The normalized spacial score (nSPS) is 11.0. The third-order valence-electron chi connectivity index (χ3n) is 3.21. The molecule has 0 amide bonds. The van der Waals surface area contributed by atoms with Gasteiger partial charge in [-0.05, 0) is 37.0 Å². The maximum atomic E-state index is 11.4. The lowest BCUT2D eigenvalue weighted by Crippen LogP contribution is -2.08. The van der Waals surface area contributed by atoms with Crippen LogP contribution < -0.4 is 5.76 Å². The Kier molecular flexibility index (Phi) is 4.04. The fourth-order valence-electron chi connectivity index (χ4n) is 2.12. The van der Waals surface area contributed by atoms with Crippen LogP contribution in [-0.2, 0) is 18.3 Å². The monoisotopic (exact) mass is 263 g/mol. The highest BCUT2D eigenvalue weighted by molar-refractivity contribution is 5.73. The Morgan fingerprint density at radius 3 is 2.84 bits per heavy atom. The summed E-state index contributed by atoms with van der Waals surface area (Å²) in [6.07, 6.45) is 3.64. The van der Waals surface area contributed by atoms with E-state index in [-0.39, 0.29) is 12.2 Å². The molecule has 0 saturated carbocycles. The lowest BCUT2D eigenvalue weighted by Gasteiger charge is -2.01. The maximum Gasteiger partial charge on any atom is 0.419 e. The SMILES string of the molecule is Cn1c(=O)oc2cc(CCCCCC(=O)O)ccc21. The number of carboxylic acid groups (broad SMARTS) is 1. The van der Waals surface area contributed by atoms with E-state index in [0.717, 1.165) is 30.3 Å². The molecule has 0 saturated heterocycles. The molecule has 1 aromatic heterocycles. The molecule has 5 heteroatoms. The summed E-state index contributed by atoms with van der Waals surface area (Å²) in [7, 11) is 1.68. The number of hydrogen-bond donors (Lipinski definition) is 1. The van der Waals surface area contributed by atoms with Crippen molar-refractivity contribution in [3.05, 3.63) is 34.3 Å². The number of nitrogens with zero attached hydrogens (tertiary/aromatic N) is 1. The molecule has 0 radical (unpaired) electrons. The minimum Gasteiger partial charge on any atom is -0.481 e. The maximum absolute atomic E-state index is 11.4. The van der Waals surface area contributed by atoms with Gasteiger partial charge in [0.15, 0.2) is 5.58 Å². The molecule has 2 rings (SSSR count). The number of carboxylic acids is 1. The quantitative estimate of drug-likeness (QED) is 0.812. The van der Waals surface area contributed by atoms with Crippen LogP contribution in [0.25, 0.3) is 11.1 Å². The fraction of sp³-hybridized carbons (Fsp3) is 0.429. The minimum absolute atomic E-state index is 0.229. The summed E-state index contributed by atoms with van der Waals surface area (Å²) in [6.45, 7) is 0. The van der Waals surface area contributed by atoms with E-state index in [4.69, 9.17) is 9.52 Å². The predicted octanol–water partition coefficient (Wildman–Crippen LogP) is 2.32. The number of carbonyl (C=O) groups is 1. The molecule has 0 unspecified atom stereocenters. The van der Waals surface area contributed by atoms with Crippen LogP contribution in [0.2, 0.25) is 0 Å². The summed E-state index contributed by atoms with van der Waals surface area (Å²) < 4.78 is 6.61. The van der Waals surface area contributed by atoms with Gasteiger partial charge in [-0.1, -0.05) is 12.5 Å². The third-order valence-corrected chi connectivity index (χ3v) is 3.21. The van der Waals surface area contributed by atoms with Crippen LogP contribution in [0.4, 0.5) is 0 Å². The lowest BCUT2D eigenvalue weighted by atomic mass is 10.1. The average molecular weight is 263 g/mol. The van der Waals surface area contributed by atoms with Crippen LogP contribution in [0.15, 0.2) is 27.4 Å². The van der Waals surface area contributed by atoms with Crippen LogP contribution >= 0.6 is 0 Å². The number of rotatable bonds is 6. The van der Waals surface area contributed by atoms with E-state index in [1.807, 2.05) is 18.2 Å². The zero-order valence-corrected chi connectivity index (χ0v) is 10.9. The van der Waals surface area contributed by atoms with Crippen LogP contribution in [0.5, 0.6) is 0 Å². The van der Waals surface area contributed by atoms with Crippen molar-refractivity contribution in [3.63, 3.8) is 0 Å². The highest BCUT2D eigenvalue weighted by atomic mass is 16.4. The van der Waals surface area contributed by atoms with Crippen molar-refractivity contribution in [2.24, 2.45) is 7.05 Å². The summed E-state index contributed by atoms with van der Waals surface area (Å²) in [4.78, 5) is 21.7. The van der Waals surface area contributed by atoms with Gasteiger partial charge in [0.2, 0.25) is 0 Å². The first kappa shape index (κ1) is 13.4. The van der Waals surface area contributed by atoms with E-state index >= 15 is 0 Å². The fourth-order valence-corrected chi connectivity index (χ4v) is 2.12. The molecule has 0 atom stereocenters. The molecular weight excluding hydrogens is 246 g/mol. The highest BCUT2D eigenvalue weighted by Gasteiger charge is 2.06. The molecule has 1 N–H and O–H groups in total. The van der Waals surface area contributed by atoms with Crippen molar-refractivity contribution in [1.29, 1.82) is 0 Å². The summed E-state index contributed by atoms with van der Waals surface area (Å²) >= 11 is 0. The van der Waals surface area contributed by atoms with Gasteiger partial charge in [-0.15, -0.1) is 0 Å². The molecule has 0 aliphatic heterocycles. The Morgan fingerprint density at radius 2 is 2.11 bits per heavy atom. The van der Waals surface area contributed by atoms with Gasteiger partial charge in [-0.3, -0.25) is 9.36 Å². The first-order chi connectivity index (χ1) is 9.08. The number of benzene rings is 1. The van der Waals surface area contributed by atoms with E-state index < -0.39 is 5.97 Å². The van der Waals surface area contributed by atoms with Crippen molar-refractivity contribution in [2.45, 2.75) is 32.1 Å². The van der Waals surface area contributed by atoms with Gasteiger partial charge in [0.1, 0.15) is 0 Å². The van der Waals surface area contributed by atoms with Crippen molar-refractivity contribution < 1.29 is 14.3 Å². The Hall–Kier alpha value is -2.04. The van der Waals surface area contributed by atoms with Crippen molar-refractivity contribution in [2.75, 3.05) is 0 Å². The Bertz CT molecular complexity index is 638. The average Bonchev–Trinajstić information content (AvgIpc) is 2.64. The predicted molar refractivity (Wildman–Crippen MR) is 71.3 cm³/mol. The molecule has 1 heterocycles. The Morgan fingerprint density at radius 1 is 1.32 bits per heavy atom. The number of hydrogen-bond acceptors (Lipinski definition) is 3. The van der Waals surface area contributed by atoms with E-state index in [0.29, 0.717) is 12.0 Å². The van der Waals surface area contributed by atoms with E-state index in [2.05, 4.69) is 0 Å². The second kappa shape index (κ2) is 5.73. The first-order valence-electron chi connectivity index (χ1n) is 6.38. The number of aliphatic carboxylic acids is 1.